The molecule has 0 saturated carbocycles. The van der Waals surface area contributed by atoms with Gasteiger partial charge in [0.2, 0.25) is 0 Å². The normalized spacial score (nSPS) is 11.3. The van der Waals surface area contributed by atoms with Gasteiger partial charge in [0.05, 0.1) is 22.8 Å². The molecule has 41 heavy (non-hydrogen) atoms. The summed E-state index contributed by atoms with van der Waals surface area (Å²) in [7, 11) is 0. The van der Waals surface area contributed by atoms with Crippen LogP contribution in [0.25, 0.3) is 55.8 Å². The maximum Gasteiger partial charge on any atom is 0.255 e. The van der Waals surface area contributed by atoms with Crippen LogP contribution in [0.4, 0.5) is 14.5 Å². The van der Waals surface area contributed by atoms with Crippen LogP contribution in [0.1, 0.15) is 10.4 Å². The second kappa shape index (κ2) is 9.76. The van der Waals surface area contributed by atoms with Crippen molar-refractivity contribution in [2.75, 3.05) is 5.32 Å². The molecule has 10 heteroatoms. The lowest BCUT2D eigenvalue weighted by Gasteiger charge is -2.09. The number of hydrogen-bond donors (Lipinski definition) is 3. The van der Waals surface area contributed by atoms with Gasteiger partial charge in [0.15, 0.2) is 11.5 Å². The third kappa shape index (κ3) is 4.37. The molecule has 0 aliphatic carbocycles. The summed E-state index contributed by atoms with van der Waals surface area (Å²) in [6.45, 7) is 0. The zero-order valence-electron chi connectivity index (χ0n) is 21.2. The number of anilines is 1. The minimum atomic E-state index is -0.529. The molecule has 0 aliphatic heterocycles. The Kier molecular flexibility index (Phi) is 5.78. The van der Waals surface area contributed by atoms with Crippen molar-refractivity contribution in [3.05, 3.63) is 115 Å². The largest absolute Gasteiger partial charge is 0.321 e. The second-order valence-electron chi connectivity index (χ2n) is 9.36. The molecule has 0 spiro atoms. The molecule has 7 aromatic rings. The van der Waals surface area contributed by atoms with Gasteiger partial charge in [-0.2, -0.15) is 5.10 Å². The molecule has 4 aromatic heterocycles. The van der Waals surface area contributed by atoms with Crippen LogP contribution in [0.15, 0.2) is 97.5 Å². The van der Waals surface area contributed by atoms with E-state index >= 15 is 4.39 Å². The molecule has 0 bridgehead atoms. The Balaban J connectivity index is 1.29. The Bertz CT molecular complexity index is 2090. The predicted octanol–water partition coefficient (Wildman–Crippen LogP) is 6.76. The summed E-state index contributed by atoms with van der Waals surface area (Å²) in [5, 5.41) is 10.2. The van der Waals surface area contributed by atoms with Crippen LogP contribution in [0, 0.1) is 11.6 Å². The van der Waals surface area contributed by atoms with E-state index in [1.54, 1.807) is 66.9 Å². The number of pyridine rings is 2. The Morgan fingerprint density at radius 2 is 1.73 bits per heavy atom. The number of aromatic amines is 2. The fourth-order valence-electron chi connectivity index (χ4n) is 4.83. The fraction of sp³-hybridized carbons (Fsp3) is 0. The van der Waals surface area contributed by atoms with Crippen molar-refractivity contribution < 1.29 is 13.6 Å². The maximum absolute atomic E-state index is 16.2. The number of aromatic nitrogens is 6. The second-order valence-corrected chi connectivity index (χ2v) is 9.36. The van der Waals surface area contributed by atoms with E-state index in [0.29, 0.717) is 50.4 Å². The third-order valence-corrected chi connectivity index (χ3v) is 6.75. The smallest absolute Gasteiger partial charge is 0.255 e. The number of carbonyl (C=O) groups is 1. The first kappa shape index (κ1) is 24.3. The van der Waals surface area contributed by atoms with Crippen LogP contribution < -0.4 is 5.32 Å². The van der Waals surface area contributed by atoms with E-state index in [-0.39, 0.29) is 28.4 Å². The molecular weight excluding hydrogens is 524 g/mol. The molecule has 0 fully saturated rings. The van der Waals surface area contributed by atoms with Crippen molar-refractivity contribution >= 4 is 33.7 Å². The van der Waals surface area contributed by atoms with Gasteiger partial charge in [0.1, 0.15) is 22.8 Å². The number of fused-ring (bicyclic) bond motifs is 2. The number of rotatable bonds is 5. The summed E-state index contributed by atoms with van der Waals surface area (Å²) in [5.41, 5.74) is 4.70. The minimum Gasteiger partial charge on any atom is -0.321 e. The molecule has 4 heterocycles. The van der Waals surface area contributed by atoms with Gasteiger partial charge in [-0.3, -0.25) is 14.9 Å². The number of halogens is 2. The molecule has 0 unspecified atom stereocenters. The highest BCUT2D eigenvalue weighted by Gasteiger charge is 2.21. The van der Waals surface area contributed by atoms with Crippen LogP contribution in [-0.4, -0.2) is 36.0 Å². The molecule has 1 amide bonds. The van der Waals surface area contributed by atoms with Gasteiger partial charge in [-0.05, 0) is 54.1 Å². The van der Waals surface area contributed by atoms with Gasteiger partial charge in [-0.1, -0.05) is 30.3 Å². The first-order valence-corrected chi connectivity index (χ1v) is 12.6. The van der Waals surface area contributed by atoms with Gasteiger partial charge in [0.25, 0.3) is 5.91 Å². The first-order valence-electron chi connectivity index (χ1n) is 12.6. The van der Waals surface area contributed by atoms with Crippen molar-refractivity contribution in [2.45, 2.75) is 0 Å². The maximum atomic E-state index is 16.2. The van der Waals surface area contributed by atoms with Crippen molar-refractivity contribution in [1.82, 2.24) is 30.1 Å². The van der Waals surface area contributed by atoms with Crippen molar-refractivity contribution in [1.29, 1.82) is 0 Å². The number of hydrogen-bond acceptors (Lipinski definition) is 5. The van der Waals surface area contributed by atoms with Gasteiger partial charge in [-0.15, -0.1) is 0 Å². The van der Waals surface area contributed by atoms with E-state index in [2.05, 4.69) is 35.5 Å². The SMILES string of the molecule is O=C(Nc1cncc(-c2ccc3[nH]nc(-c4nc5c(-c6cccc(F)c6)ccnc5[nH]4)c3c2F)c1)c1ccccc1. The van der Waals surface area contributed by atoms with Gasteiger partial charge >= 0.3 is 0 Å². The summed E-state index contributed by atoms with van der Waals surface area (Å²) >= 11 is 0. The lowest BCUT2D eigenvalue weighted by molar-refractivity contribution is 0.102. The van der Waals surface area contributed by atoms with Crippen molar-refractivity contribution in [2.24, 2.45) is 0 Å². The quantitative estimate of drug-likeness (QED) is 0.222. The van der Waals surface area contributed by atoms with Gasteiger partial charge < -0.3 is 10.3 Å². The van der Waals surface area contributed by atoms with E-state index in [0.717, 1.165) is 0 Å². The molecule has 7 rings (SSSR count). The zero-order valence-corrected chi connectivity index (χ0v) is 21.2. The zero-order chi connectivity index (χ0) is 27.9. The molecule has 0 radical (unpaired) electrons. The summed E-state index contributed by atoms with van der Waals surface area (Å²) in [5.74, 6) is -0.887. The lowest BCUT2D eigenvalue weighted by Crippen LogP contribution is -2.11. The number of carbonyl (C=O) groups excluding carboxylic acids is 1. The third-order valence-electron chi connectivity index (χ3n) is 6.75. The van der Waals surface area contributed by atoms with E-state index in [1.165, 1.54) is 24.5 Å². The Hall–Kier alpha value is -5.77. The van der Waals surface area contributed by atoms with Crippen molar-refractivity contribution in [3.8, 4) is 33.8 Å². The van der Waals surface area contributed by atoms with E-state index in [1.807, 2.05) is 6.07 Å². The standard InChI is InChI=1S/C31H19F2N7O/c32-20-8-4-7-18(13-20)23-11-12-35-29-27(23)37-30(38-29)28-25-24(39-40-28)10-9-22(26(25)33)19-14-21(16-34-15-19)36-31(41)17-5-2-1-3-6-17/h1-16H,(H,36,41)(H,39,40)(H,35,37,38). The number of benzene rings is 3. The van der Waals surface area contributed by atoms with Crippen LogP contribution in [-0.2, 0) is 0 Å². The Morgan fingerprint density at radius 3 is 2.59 bits per heavy atom. The highest BCUT2D eigenvalue weighted by atomic mass is 19.1. The summed E-state index contributed by atoms with van der Waals surface area (Å²) in [6, 6.07) is 21.7. The number of imidazole rings is 1. The highest BCUT2D eigenvalue weighted by Crippen LogP contribution is 2.35. The molecule has 0 aliphatic rings. The number of H-pyrrole nitrogens is 2. The summed E-state index contributed by atoms with van der Waals surface area (Å²) in [6.07, 6.45) is 4.63. The number of nitrogens with zero attached hydrogens (tertiary/aromatic N) is 4. The van der Waals surface area contributed by atoms with E-state index < -0.39 is 5.82 Å². The van der Waals surface area contributed by atoms with Crippen LogP contribution in [0.5, 0.6) is 0 Å². The Morgan fingerprint density at radius 1 is 0.854 bits per heavy atom. The highest BCUT2D eigenvalue weighted by molar-refractivity contribution is 6.04. The average Bonchev–Trinajstić information content (AvgIpc) is 3.63. The molecule has 198 valence electrons. The fourth-order valence-corrected chi connectivity index (χ4v) is 4.83. The topological polar surface area (TPSA) is 112 Å². The summed E-state index contributed by atoms with van der Waals surface area (Å²) in [4.78, 5) is 29.0. The van der Waals surface area contributed by atoms with E-state index in [9.17, 15) is 9.18 Å². The van der Waals surface area contributed by atoms with E-state index in [4.69, 9.17) is 0 Å². The average molecular weight is 544 g/mol. The molecule has 3 aromatic carbocycles. The Labute approximate surface area is 231 Å². The number of nitrogens with one attached hydrogen (secondary N) is 3. The summed E-state index contributed by atoms with van der Waals surface area (Å²) < 4.78 is 30.1. The lowest BCUT2D eigenvalue weighted by atomic mass is 10.0. The van der Waals surface area contributed by atoms with Crippen LogP contribution in [0.2, 0.25) is 0 Å². The first-order chi connectivity index (χ1) is 20.0. The van der Waals surface area contributed by atoms with Gasteiger partial charge in [-0.25, -0.2) is 18.7 Å². The number of amides is 1. The van der Waals surface area contributed by atoms with Crippen LogP contribution >= 0.6 is 0 Å². The molecule has 3 N–H and O–H groups in total. The monoisotopic (exact) mass is 543 g/mol. The predicted molar refractivity (Wildman–Crippen MR) is 152 cm³/mol. The minimum absolute atomic E-state index is 0.229. The molecule has 8 nitrogen and oxygen atoms in total. The molecular formula is C31H19F2N7O. The van der Waals surface area contributed by atoms with Gasteiger partial charge in [0, 0.05) is 34.6 Å². The van der Waals surface area contributed by atoms with Crippen molar-refractivity contribution in [3.63, 3.8) is 0 Å². The van der Waals surface area contributed by atoms with Crippen LogP contribution in [0.3, 0.4) is 0 Å². The molecule has 0 saturated heterocycles. The molecule has 0 atom stereocenters.